The van der Waals surface area contributed by atoms with Crippen molar-refractivity contribution in [3.05, 3.63) is 71.9 Å². The van der Waals surface area contributed by atoms with Crippen molar-refractivity contribution in [3.63, 3.8) is 0 Å². The lowest BCUT2D eigenvalue weighted by Gasteiger charge is -2.26. The van der Waals surface area contributed by atoms with E-state index in [9.17, 15) is 33.9 Å². The van der Waals surface area contributed by atoms with Gasteiger partial charge in [0.25, 0.3) is 0 Å². The van der Waals surface area contributed by atoms with Gasteiger partial charge in [-0.25, -0.2) is 4.79 Å². The number of H-pyrrole nitrogens is 1. The second-order valence-electron chi connectivity index (χ2n) is 12.7. The Morgan fingerprint density at radius 1 is 0.686 bits per heavy atom. The summed E-state index contributed by atoms with van der Waals surface area (Å²) in [7, 11) is 0. The average molecular weight is 742 g/mol. The number of benzene rings is 2. The van der Waals surface area contributed by atoms with Gasteiger partial charge in [-0.05, 0) is 36.5 Å². The van der Waals surface area contributed by atoms with Crippen LogP contribution in [0.4, 0.5) is 0 Å². The predicted molar refractivity (Wildman–Crippen MR) is 200 cm³/mol. The summed E-state index contributed by atoms with van der Waals surface area (Å²) in [6.07, 6.45) is 2.29. The number of aliphatic carboxylic acids is 1. The van der Waals surface area contributed by atoms with E-state index in [2.05, 4.69) is 56.8 Å². The Morgan fingerprint density at radius 3 is 1.84 bits per heavy atom. The number of hydrogen-bond acceptors (Lipinski definition) is 9. The Labute approximate surface area is 307 Å². The Bertz CT molecular complexity index is 1670. The topological polar surface area (TPSA) is 225 Å². The molecule has 6 atom stereocenters. The highest BCUT2D eigenvalue weighted by Gasteiger charge is 2.32. The van der Waals surface area contributed by atoms with E-state index in [1.54, 1.807) is 36.5 Å². The van der Waals surface area contributed by atoms with Crippen LogP contribution in [0.2, 0.25) is 0 Å². The van der Waals surface area contributed by atoms with Crippen LogP contribution >= 0.6 is 25.3 Å². The van der Waals surface area contributed by atoms with Crippen LogP contribution in [0.3, 0.4) is 0 Å². The molecule has 0 fully saturated rings. The average Bonchev–Trinajstić information content (AvgIpc) is 3.51. The van der Waals surface area contributed by atoms with Gasteiger partial charge in [0.05, 0.1) is 6.04 Å². The molecule has 276 valence electrons. The summed E-state index contributed by atoms with van der Waals surface area (Å²) in [5.74, 6) is -4.88. The highest BCUT2D eigenvalue weighted by atomic mass is 32.1. The van der Waals surface area contributed by atoms with Crippen molar-refractivity contribution < 1.29 is 33.9 Å². The molecule has 1 heterocycles. The van der Waals surface area contributed by atoms with Crippen molar-refractivity contribution >= 4 is 71.7 Å². The molecule has 51 heavy (non-hydrogen) atoms. The third-order valence-electron chi connectivity index (χ3n) is 8.07. The number of rotatable bonds is 19. The van der Waals surface area contributed by atoms with E-state index in [1.807, 2.05) is 38.1 Å². The first-order valence-corrected chi connectivity index (χ1v) is 17.8. The SMILES string of the molecule is CC(C)C[C@H](N)C(=O)N[C@@H](Cc1c[nH]c2ccccc12)C(=O)N[C@@H](C)C(=O)N[C@@H](Cc1ccccc1)C(=O)N[C@@H](CS)C(=O)N[C@@H](CS)C(=O)O. The predicted octanol–water partition coefficient (Wildman–Crippen LogP) is 0.715. The van der Waals surface area contributed by atoms with Crippen molar-refractivity contribution in [1.82, 2.24) is 31.6 Å². The molecule has 3 aromatic rings. The van der Waals surface area contributed by atoms with Gasteiger partial charge >= 0.3 is 5.97 Å². The number of fused-ring (bicyclic) bond motifs is 1. The van der Waals surface area contributed by atoms with Gasteiger partial charge in [-0.15, -0.1) is 0 Å². The van der Waals surface area contributed by atoms with E-state index < -0.39 is 71.8 Å². The summed E-state index contributed by atoms with van der Waals surface area (Å²) in [6.45, 7) is 5.30. The van der Waals surface area contributed by atoms with E-state index in [-0.39, 0.29) is 30.3 Å². The molecular weight excluding hydrogens is 695 g/mol. The van der Waals surface area contributed by atoms with E-state index in [0.29, 0.717) is 12.0 Å². The third-order valence-corrected chi connectivity index (χ3v) is 8.80. The molecule has 3 rings (SSSR count). The number of carboxylic acid groups (broad SMARTS) is 1. The molecule has 2 aromatic carbocycles. The minimum absolute atomic E-state index is 0.0291. The normalized spacial score (nSPS) is 14.7. The molecule has 9 N–H and O–H groups in total. The maximum Gasteiger partial charge on any atom is 0.327 e. The van der Waals surface area contributed by atoms with Gasteiger partial charge in [-0.3, -0.25) is 24.0 Å². The molecule has 0 bridgehead atoms. The largest absolute Gasteiger partial charge is 0.480 e. The van der Waals surface area contributed by atoms with Crippen LogP contribution in [0.5, 0.6) is 0 Å². The maximum atomic E-state index is 13.7. The summed E-state index contributed by atoms with van der Waals surface area (Å²) in [6, 6.07) is 9.51. The number of nitrogens with two attached hydrogens (primary N) is 1. The lowest BCUT2D eigenvalue weighted by Crippen LogP contribution is -2.59. The van der Waals surface area contributed by atoms with Crippen molar-refractivity contribution in [2.75, 3.05) is 11.5 Å². The van der Waals surface area contributed by atoms with Crippen LogP contribution < -0.4 is 32.3 Å². The number of aromatic nitrogens is 1. The number of nitrogens with one attached hydrogen (secondary N) is 6. The van der Waals surface area contributed by atoms with Crippen LogP contribution in [0.15, 0.2) is 60.8 Å². The molecule has 5 amide bonds. The standard InChI is InChI=1S/C35H47N7O7S2/c1-19(2)13-24(36)31(44)40-27(15-22-16-37-25-12-8-7-11-23(22)25)32(45)38-20(3)30(43)39-26(14-21-9-5-4-6-10-21)33(46)41-28(17-50)34(47)42-29(18-51)35(48)49/h4-12,16,19-20,24,26-29,37,50-51H,13-15,17-18,36H2,1-3H3,(H,38,45)(H,39,43)(H,40,44)(H,41,46)(H,42,47)(H,48,49)/t20-,24-,26-,27-,28-,29-/m0/s1. The lowest BCUT2D eigenvalue weighted by molar-refractivity contribution is -0.141. The highest BCUT2D eigenvalue weighted by Crippen LogP contribution is 2.19. The van der Waals surface area contributed by atoms with Crippen molar-refractivity contribution in [2.45, 2.75) is 76.3 Å². The monoisotopic (exact) mass is 741 g/mol. The summed E-state index contributed by atoms with van der Waals surface area (Å²) in [5.41, 5.74) is 8.44. The highest BCUT2D eigenvalue weighted by molar-refractivity contribution is 7.80. The molecule has 14 nitrogen and oxygen atoms in total. The quantitative estimate of drug-likeness (QED) is 0.0787. The van der Waals surface area contributed by atoms with Gasteiger partial charge in [-0.1, -0.05) is 62.4 Å². The molecule has 0 spiro atoms. The molecule has 0 aliphatic carbocycles. The smallest absolute Gasteiger partial charge is 0.327 e. The van der Waals surface area contributed by atoms with E-state index >= 15 is 0 Å². The summed E-state index contributed by atoms with van der Waals surface area (Å²) >= 11 is 8.09. The second kappa shape index (κ2) is 19.7. The van der Waals surface area contributed by atoms with Crippen LogP contribution in [0.25, 0.3) is 10.9 Å². The summed E-state index contributed by atoms with van der Waals surface area (Å²) in [5, 5.41) is 23.1. The fourth-order valence-corrected chi connectivity index (χ4v) is 5.79. The molecule has 0 aliphatic rings. The molecule has 1 aromatic heterocycles. The van der Waals surface area contributed by atoms with Crippen LogP contribution in [-0.2, 0) is 41.6 Å². The minimum Gasteiger partial charge on any atom is -0.480 e. The number of para-hydroxylation sites is 1. The first-order chi connectivity index (χ1) is 24.2. The third kappa shape index (κ3) is 12.3. The molecule has 0 saturated carbocycles. The number of carboxylic acids is 1. The first kappa shape index (κ1) is 40.9. The summed E-state index contributed by atoms with van der Waals surface area (Å²) in [4.78, 5) is 81.1. The minimum atomic E-state index is -1.30. The number of hydrogen-bond donors (Lipinski definition) is 10. The molecular formula is C35H47N7O7S2. The molecule has 0 aliphatic heterocycles. The number of thiol groups is 2. The number of amides is 5. The van der Waals surface area contributed by atoms with E-state index in [1.165, 1.54) is 6.92 Å². The number of carbonyl (C=O) groups excluding carboxylic acids is 5. The van der Waals surface area contributed by atoms with Crippen molar-refractivity contribution in [2.24, 2.45) is 11.7 Å². The van der Waals surface area contributed by atoms with Gasteiger partial charge in [0.2, 0.25) is 29.5 Å². The molecule has 0 radical (unpaired) electrons. The Kier molecular flexibility index (Phi) is 15.8. The van der Waals surface area contributed by atoms with Gasteiger partial charge in [0.15, 0.2) is 0 Å². The second-order valence-corrected chi connectivity index (χ2v) is 13.4. The zero-order valence-corrected chi connectivity index (χ0v) is 30.5. The summed E-state index contributed by atoms with van der Waals surface area (Å²) < 4.78 is 0. The van der Waals surface area contributed by atoms with Gasteiger partial charge < -0.3 is 42.4 Å². The fraction of sp³-hybridized carbons (Fsp3) is 0.429. The van der Waals surface area contributed by atoms with E-state index in [4.69, 9.17) is 5.73 Å². The van der Waals surface area contributed by atoms with Gasteiger partial charge in [-0.2, -0.15) is 25.3 Å². The van der Waals surface area contributed by atoms with Crippen molar-refractivity contribution in [3.8, 4) is 0 Å². The van der Waals surface area contributed by atoms with Crippen LogP contribution in [0.1, 0.15) is 38.3 Å². The molecule has 16 heteroatoms. The van der Waals surface area contributed by atoms with Crippen molar-refractivity contribution in [1.29, 1.82) is 0 Å². The Balaban J connectivity index is 1.78. The Morgan fingerprint density at radius 2 is 1.22 bits per heavy atom. The van der Waals surface area contributed by atoms with Gasteiger partial charge in [0, 0.05) is 41.4 Å². The van der Waals surface area contributed by atoms with Crippen LogP contribution in [0, 0.1) is 5.92 Å². The zero-order valence-electron chi connectivity index (χ0n) is 28.7. The van der Waals surface area contributed by atoms with E-state index in [0.717, 1.165) is 16.5 Å². The number of carbonyl (C=O) groups is 6. The number of aromatic amines is 1. The van der Waals surface area contributed by atoms with Gasteiger partial charge in [0.1, 0.15) is 30.2 Å². The van der Waals surface area contributed by atoms with Crippen LogP contribution in [-0.4, -0.2) is 93.4 Å². The first-order valence-electron chi connectivity index (χ1n) is 16.5. The zero-order chi connectivity index (χ0) is 37.7. The molecule has 0 unspecified atom stereocenters. The lowest BCUT2D eigenvalue weighted by atomic mass is 10.0. The maximum absolute atomic E-state index is 13.7. The Hall–Kier alpha value is -4.54. The molecule has 0 saturated heterocycles. The fourth-order valence-electron chi connectivity index (χ4n) is 5.28.